The maximum atomic E-state index is 5.66. The van der Waals surface area contributed by atoms with Gasteiger partial charge in [-0.3, -0.25) is 9.99 Å². The molecule has 1 saturated carbocycles. The first-order chi connectivity index (χ1) is 14.1. The minimum absolute atomic E-state index is 0.0441. The molecule has 10 heteroatoms. The molecule has 5 rings (SSSR count). The molecule has 0 amide bonds. The highest BCUT2D eigenvalue weighted by atomic mass is 32.2. The number of nitrogens with zero attached hydrogens (tertiary/aromatic N) is 5. The molecule has 2 aliphatic rings. The van der Waals surface area contributed by atoms with Gasteiger partial charge < -0.3 is 4.74 Å². The number of hydrogen-bond donors (Lipinski definition) is 2. The summed E-state index contributed by atoms with van der Waals surface area (Å²) in [6.45, 7) is 2.21. The summed E-state index contributed by atoms with van der Waals surface area (Å²) in [4.78, 5) is 14.5. The van der Waals surface area contributed by atoms with Crippen LogP contribution in [-0.2, 0) is 4.74 Å². The van der Waals surface area contributed by atoms with Crippen LogP contribution in [0.25, 0.3) is 5.00 Å². The predicted molar refractivity (Wildman–Crippen MR) is 116 cm³/mol. The molecule has 8 nitrogen and oxygen atoms in total. The van der Waals surface area contributed by atoms with E-state index in [0.717, 1.165) is 34.5 Å². The monoisotopic (exact) mass is 429 g/mol. The summed E-state index contributed by atoms with van der Waals surface area (Å²) in [5.41, 5.74) is 7.39. The maximum absolute atomic E-state index is 5.66. The van der Waals surface area contributed by atoms with E-state index >= 15 is 0 Å². The standard InChI is InChI=1S/C19H23N7OS2/c1-19(27-2)5-3-13(4-6-19)28-14-9-15-17(21-10-14)26(24-23-15)18-22-11-16(29-18)25-8-7-20-12-25/h7-13,23-24H,3-6H2,1-2H3. The van der Waals surface area contributed by atoms with Crippen molar-refractivity contribution in [1.29, 1.82) is 0 Å². The van der Waals surface area contributed by atoms with Gasteiger partial charge in [0.05, 0.1) is 23.8 Å². The predicted octanol–water partition coefficient (Wildman–Crippen LogP) is 4.15. The third-order valence-electron chi connectivity index (χ3n) is 5.57. The number of hydrazine groups is 2. The Labute approximate surface area is 177 Å². The Hall–Kier alpha value is -2.14. The molecule has 4 heterocycles. The normalized spacial score (nSPS) is 23.8. The molecule has 1 aliphatic carbocycles. The van der Waals surface area contributed by atoms with E-state index in [1.54, 1.807) is 23.9 Å². The lowest BCUT2D eigenvalue weighted by atomic mass is 9.86. The first-order valence-electron chi connectivity index (χ1n) is 9.61. The number of methoxy groups -OCH3 is 1. The van der Waals surface area contributed by atoms with Gasteiger partial charge in [0, 0.05) is 35.8 Å². The van der Waals surface area contributed by atoms with Gasteiger partial charge in [-0.1, -0.05) is 11.3 Å². The average molecular weight is 430 g/mol. The number of nitrogens with one attached hydrogen (secondary N) is 2. The van der Waals surface area contributed by atoms with E-state index in [1.165, 1.54) is 17.7 Å². The zero-order chi connectivity index (χ0) is 19.8. The summed E-state index contributed by atoms with van der Waals surface area (Å²) in [6.07, 6.45) is 13.8. The molecule has 0 saturated heterocycles. The number of rotatable bonds is 5. The molecule has 29 heavy (non-hydrogen) atoms. The van der Waals surface area contributed by atoms with Crippen molar-refractivity contribution < 1.29 is 4.74 Å². The van der Waals surface area contributed by atoms with Crippen molar-refractivity contribution in [2.24, 2.45) is 0 Å². The largest absolute Gasteiger partial charge is 0.379 e. The molecule has 0 bridgehead atoms. The first kappa shape index (κ1) is 18.9. The SMILES string of the molecule is COC1(C)CCC(Sc2cnc3c(c2)NNN3c2ncc(-n3ccnc3)s2)CC1. The molecule has 0 aromatic carbocycles. The van der Waals surface area contributed by atoms with E-state index < -0.39 is 0 Å². The van der Waals surface area contributed by atoms with Crippen LogP contribution in [0.2, 0.25) is 0 Å². The van der Waals surface area contributed by atoms with E-state index in [1.807, 2.05) is 47.0 Å². The van der Waals surface area contributed by atoms with E-state index in [-0.39, 0.29) is 5.60 Å². The van der Waals surface area contributed by atoms with Crippen molar-refractivity contribution in [3.05, 3.63) is 37.2 Å². The maximum Gasteiger partial charge on any atom is 0.209 e. The van der Waals surface area contributed by atoms with Gasteiger partial charge in [-0.25, -0.2) is 20.0 Å². The molecular weight excluding hydrogens is 406 g/mol. The lowest BCUT2D eigenvalue weighted by Gasteiger charge is -2.35. The summed E-state index contributed by atoms with van der Waals surface area (Å²) in [7, 11) is 1.82. The molecule has 1 aliphatic heterocycles. The average Bonchev–Trinajstić information content (AvgIpc) is 3.49. The van der Waals surface area contributed by atoms with Crippen LogP contribution in [0.3, 0.4) is 0 Å². The summed E-state index contributed by atoms with van der Waals surface area (Å²) in [5, 5.41) is 4.30. The Bertz CT molecular complexity index is 982. The van der Waals surface area contributed by atoms with Crippen LogP contribution in [0.4, 0.5) is 16.6 Å². The van der Waals surface area contributed by atoms with Crippen LogP contribution < -0.4 is 16.0 Å². The number of imidazole rings is 1. The summed E-state index contributed by atoms with van der Waals surface area (Å²) in [6, 6.07) is 2.16. The Morgan fingerprint density at radius 2 is 2.14 bits per heavy atom. The van der Waals surface area contributed by atoms with Crippen LogP contribution in [0.5, 0.6) is 0 Å². The van der Waals surface area contributed by atoms with Crippen molar-refractivity contribution in [1.82, 2.24) is 25.1 Å². The first-order valence-corrected chi connectivity index (χ1v) is 11.3. The van der Waals surface area contributed by atoms with Gasteiger partial charge in [-0.05, 0) is 38.7 Å². The van der Waals surface area contributed by atoms with Crippen LogP contribution >= 0.6 is 23.1 Å². The fourth-order valence-electron chi connectivity index (χ4n) is 3.67. The highest BCUT2D eigenvalue weighted by Gasteiger charge is 2.32. The second kappa shape index (κ2) is 7.60. The highest BCUT2D eigenvalue weighted by molar-refractivity contribution is 8.00. The topological polar surface area (TPSA) is 80.1 Å². The van der Waals surface area contributed by atoms with Crippen LogP contribution in [0.1, 0.15) is 32.6 Å². The van der Waals surface area contributed by atoms with Gasteiger partial charge in [0.25, 0.3) is 0 Å². The van der Waals surface area contributed by atoms with Crippen molar-refractivity contribution in [3.8, 4) is 5.00 Å². The van der Waals surface area contributed by atoms with Crippen LogP contribution in [0.15, 0.2) is 42.1 Å². The van der Waals surface area contributed by atoms with Crippen molar-refractivity contribution in [2.75, 3.05) is 17.5 Å². The molecule has 0 unspecified atom stereocenters. The Morgan fingerprint density at radius 3 is 2.90 bits per heavy atom. The van der Waals surface area contributed by atoms with Gasteiger partial charge >= 0.3 is 0 Å². The van der Waals surface area contributed by atoms with Gasteiger partial charge in [0.15, 0.2) is 5.82 Å². The number of thiazole rings is 1. The van der Waals surface area contributed by atoms with E-state index in [2.05, 4.69) is 33.9 Å². The van der Waals surface area contributed by atoms with E-state index in [4.69, 9.17) is 9.72 Å². The van der Waals surface area contributed by atoms with Crippen molar-refractivity contribution in [3.63, 3.8) is 0 Å². The third-order valence-corrected chi connectivity index (χ3v) is 7.87. The number of thioether (sulfide) groups is 1. The summed E-state index contributed by atoms with van der Waals surface area (Å²) in [5.74, 6) is 0.830. The van der Waals surface area contributed by atoms with Crippen LogP contribution in [0, 0.1) is 0 Å². The van der Waals surface area contributed by atoms with Crippen molar-refractivity contribution >= 4 is 39.7 Å². The Balaban J connectivity index is 1.28. The molecule has 0 radical (unpaired) electrons. The second-order valence-corrected chi connectivity index (χ2v) is 9.90. The number of anilines is 3. The smallest absolute Gasteiger partial charge is 0.209 e. The minimum Gasteiger partial charge on any atom is -0.379 e. The molecule has 3 aromatic rings. The van der Waals surface area contributed by atoms with Gasteiger partial charge in [0.2, 0.25) is 5.13 Å². The van der Waals surface area contributed by atoms with Gasteiger partial charge in [-0.15, -0.1) is 17.3 Å². The van der Waals surface area contributed by atoms with E-state index in [9.17, 15) is 0 Å². The van der Waals surface area contributed by atoms with Crippen LogP contribution in [-0.4, -0.2) is 37.5 Å². The minimum atomic E-state index is 0.0441. The highest BCUT2D eigenvalue weighted by Crippen LogP contribution is 2.42. The number of hydrogen-bond acceptors (Lipinski definition) is 9. The second-order valence-electron chi connectivity index (χ2n) is 7.54. The lowest BCUT2D eigenvalue weighted by molar-refractivity contribution is -0.0220. The fourth-order valence-corrected chi connectivity index (χ4v) is 5.66. The zero-order valence-corrected chi connectivity index (χ0v) is 18.0. The number of aromatic nitrogens is 4. The molecule has 152 valence electrons. The Morgan fingerprint density at radius 1 is 1.28 bits per heavy atom. The van der Waals surface area contributed by atoms with Gasteiger partial charge in [0.1, 0.15) is 5.00 Å². The quantitative estimate of drug-likeness (QED) is 0.626. The number of pyridine rings is 1. The molecule has 0 atom stereocenters. The number of ether oxygens (including phenoxy) is 1. The lowest BCUT2D eigenvalue weighted by Crippen LogP contribution is -2.33. The molecule has 0 spiro atoms. The fraction of sp³-hybridized carbons (Fsp3) is 0.421. The summed E-state index contributed by atoms with van der Waals surface area (Å²) >= 11 is 3.48. The molecule has 3 aromatic heterocycles. The molecule has 1 fully saturated rings. The molecular formula is C19H23N7OS2. The number of fused-ring (bicyclic) bond motifs is 1. The molecule has 2 N–H and O–H groups in total. The summed E-state index contributed by atoms with van der Waals surface area (Å²) < 4.78 is 7.60. The Kier molecular flexibility index (Phi) is 4.94. The van der Waals surface area contributed by atoms with Gasteiger partial charge in [-0.2, -0.15) is 0 Å². The third kappa shape index (κ3) is 3.73. The van der Waals surface area contributed by atoms with E-state index in [0.29, 0.717) is 5.25 Å². The zero-order valence-electron chi connectivity index (χ0n) is 16.3. The van der Waals surface area contributed by atoms with Crippen molar-refractivity contribution in [2.45, 2.75) is 48.4 Å².